The average Bonchev–Trinajstić information content (AvgIpc) is 2.22. The fourth-order valence-corrected chi connectivity index (χ4v) is 1.72. The van der Waals surface area contributed by atoms with E-state index >= 15 is 0 Å². The van der Waals surface area contributed by atoms with Crippen LogP contribution in [0.5, 0.6) is 0 Å². The lowest BCUT2D eigenvalue weighted by Crippen LogP contribution is -2.19. The molecule has 2 rings (SSSR count). The van der Waals surface area contributed by atoms with Gasteiger partial charge in [-0.25, -0.2) is 0 Å². The van der Waals surface area contributed by atoms with Gasteiger partial charge in [0.25, 0.3) is 5.56 Å². The second kappa shape index (κ2) is 3.87. The Labute approximate surface area is 90.9 Å². The van der Waals surface area contributed by atoms with Crippen LogP contribution >= 0.6 is 11.6 Å². The summed E-state index contributed by atoms with van der Waals surface area (Å²) in [5.41, 5.74) is 0.538. The van der Waals surface area contributed by atoms with E-state index in [1.54, 1.807) is 24.3 Å². The molecule has 3 nitrogen and oxygen atoms in total. The van der Waals surface area contributed by atoms with Crippen LogP contribution in [0.3, 0.4) is 0 Å². The highest BCUT2D eigenvalue weighted by Gasteiger charge is 2.02. The number of benzene rings is 1. The summed E-state index contributed by atoms with van der Waals surface area (Å²) in [7, 11) is 0. The minimum Gasteiger partial charge on any atom is -0.301 e. The van der Waals surface area contributed by atoms with E-state index in [4.69, 9.17) is 11.6 Å². The summed E-state index contributed by atoms with van der Waals surface area (Å²) < 4.78 is 1.42. The highest BCUT2D eigenvalue weighted by Crippen LogP contribution is 2.17. The van der Waals surface area contributed by atoms with Crippen LogP contribution in [0.4, 0.5) is 0 Å². The predicted molar refractivity (Wildman–Crippen MR) is 59.3 cm³/mol. The molecular weight excluding hydrogens is 214 g/mol. The molecule has 0 spiro atoms. The van der Waals surface area contributed by atoms with Crippen molar-refractivity contribution in [3.8, 4) is 0 Å². The lowest BCUT2D eigenvalue weighted by atomic mass is 10.2. The molecule has 1 aromatic carbocycles. The van der Waals surface area contributed by atoms with Crippen molar-refractivity contribution in [2.75, 3.05) is 0 Å². The second-order valence-corrected chi connectivity index (χ2v) is 3.59. The van der Waals surface area contributed by atoms with Crippen molar-refractivity contribution in [3.63, 3.8) is 0 Å². The largest absolute Gasteiger partial charge is 0.301 e. The number of pyridine rings is 1. The van der Waals surface area contributed by atoms with Crippen LogP contribution < -0.4 is 5.56 Å². The molecule has 15 heavy (non-hydrogen) atoms. The van der Waals surface area contributed by atoms with E-state index in [1.165, 1.54) is 10.6 Å². The van der Waals surface area contributed by atoms with Crippen molar-refractivity contribution >= 4 is 28.8 Å². The summed E-state index contributed by atoms with van der Waals surface area (Å²) in [6.07, 6.45) is 0.704. The Balaban J connectivity index is 2.81. The molecule has 0 aliphatic heterocycles. The van der Waals surface area contributed by atoms with Crippen LogP contribution in [-0.2, 0) is 11.3 Å². The van der Waals surface area contributed by atoms with Gasteiger partial charge in [0, 0.05) is 11.1 Å². The second-order valence-electron chi connectivity index (χ2n) is 3.15. The van der Waals surface area contributed by atoms with E-state index in [0.29, 0.717) is 11.3 Å². The van der Waals surface area contributed by atoms with Gasteiger partial charge in [0.2, 0.25) is 0 Å². The van der Waals surface area contributed by atoms with Gasteiger partial charge >= 0.3 is 0 Å². The normalized spacial score (nSPS) is 10.5. The molecule has 2 aromatic rings. The fourth-order valence-electron chi connectivity index (χ4n) is 1.54. The van der Waals surface area contributed by atoms with Gasteiger partial charge in [-0.2, -0.15) is 0 Å². The SMILES string of the molecule is O=CCn1c(=O)ccc2cc(Cl)ccc21. The first kappa shape index (κ1) is 9.93. The highest BCUT2D eigenvalue weighted by molar-refractivity contribution is 6.31. The standard InChI is InChI=1S/C11H8ClNO2/c12-9-2-3-10-8(7-9)1-4-11(15)13(10)5-6-14/h1-4,6-7H,5H2. The Morgan fingerprint density at radius 2 is 2.07 bits per heavy atom. The highest BCUT2D eigenvalue weighted by atomic mass is 35.5. The molecule has 4 heteroatoms. The van der Waals surface area contributed by atoms with Crippen molar-refractivity contribution in [3.05, 3.63) is 45.7 Å². The fraction of sp³-hybridized carbons (Fsp3) is 0.0909. The molecule has 1 heterocycles. The summed E-state index contributed by atoms with van der Waals surface area (Å²) in [4.78, 5) is 21.9. The summed E-state index contributed by atoms with van der Waals surface area (Å²) in [6.45, 7) is 0.0673. The number of halogens is 1. The van der Waals surface area contributed by atoms with Gasteiger partial charge in [-0.1, -0.05) is 11.6 Å². The minimum atomic E-state index is -0.183. The van der Waals surface area contributed by atoms with E-state index in [2.05, 4.69) is 0 Å². The van der Waals surface area contributed by atoms with Crippen molar-refractivity contribution in [1.29, 1.82) is 0 Å². The molecule has 0 bridgehead atoms. The lowest BCUT2D eigenvalue weighted by molar-refractivity contribution is -0.108. The summed E-state index contributed by atoms with van der Waals surface area (Å²) in [6, 6.07) is 8.33. The third-order valence-electron chi connectivity index (χ3n) is 2.21. The van der Waals surface area contributed by atoms with Crippen LogP contribution in [0.25, 0.3) is 10.9 Å². The van der Waals surface area contributed by atoms with Crippen LogP contribution in [0.15, 0.2) is 35.1 Å². The van der Waals surface area contributed by atoms with Gasteiger partial charge in [-0.3, -0.25) is 4.79 Å². The smallest absolute Gasteiger partial charge is 0.251 e. The third-order valence-corrected chi connectivity index (χ3v) is 2.44. The zero-order valence-corrected chi connectivity index (χ0v) is 8.57. The van der Waals surface area contributed by atoms with Gasteiger partial charge in [-0.05, 0) is 29.7 Å². The summed E-state index contributed by atoms with van der Waals surface area (Å²) >= 11 is 5.83. The topological polar surface area (TPSA) is 39.1 Å². The van der Waals surface area contributed by atoms with Crippen molar-refractivity contribution in [2.24, 2.45) is 0 Å². The molecular formula is C11H8ClNO2. The molecule has 0 N–H and O–H groups in total. The molecule has 0 aliphatic rings. The van der Waals surface area contributed by atoms with E-state index in [1.807, 2.05) is 0 Å². The molecule has 0 radical (unpaired) electrons. The van der Waals surface area contributed by atoms with Crippen LogP contribution in [-0.4, -0.2) is 10.9 Å². The monoisotopic (exact) mass is 221 g/mol. The maximum Gasteiger partial charge on any atom is 0.251 e. The Bertz CT molecular complexity index is 574. The maximum atomic E-state index is 11.5. The first-order valence-electron chi connectivity index (χ1n) is 4.45. The molecule has 0 aliphatic carbocycles. The van der Waals surface area contributed by atoms with E-state index < -0.39 is 0 Å². The number of carbonyl (C=O) groups is 1. The van der Waals surface area contributed by atoms with Gasteiger partial charge < -0.3 is 9.36 Å². The number of aldehydes is 1. The first-order valence-corrected chi connectivity index (χ1v) is 4.83. The average molecular weight is 222 g/mol. The first-order chi connectivity index (χ1) is 7.22. The summed E-state index contributed by atoms with van der Waals surface area (Å²) in [5.74, 6) is 0. The van der Waals surface area contributed by atoms with Gasteiger partial charge in [0.05, 0.1) is 12.1 Å². The van der Waals surface area contributed by atoms with Crippen molar-refractivity contribution < 1.29 is 4.79 Å². The van der Waals surface area contributed by atoms with Gasteiger partial charge in [0.1, 0.15) is 6.29 Å². The number of hydrogen-bond donors (Lipinski definition) is 0. The van der Waals surface area contributed by atoms with Crippen molar-refractivity contribution in [2.45, 2.75) is 6.54 Å². The predicted octanol–water partition coefficient (Wildman–Crippen LogP) is 1.85. The van der Waals surface area contributed by atoms with Crippen LogP contribution in [0, 0.1) is 0 Å². The molecule has 0 saturated carbocycles. The molecule has 0 amide bonds. The molecule has 1 aromatic heterocycles. The number of carbonyl (C=O) groups excluding carboxylic acids is 1. The van der Waals surface area contributed by atoms with Crippen LogP contribution in [0.1, 0.15) is 0 Å². The van der Waals surface area contributed by atoms with Gasteiger partial charge in [0.15, 0.2) is 0 Å². The summed E-state index contributed by atoms with van der Waals surface area (Å²) in [5, 5.41) is 1.46. The number of hydrogen-bond acceptors (Lipinski definition) is 2. The lowest BCUT2D eigenvalue weighted by Gasteiger charge is -2.06. The minimum absolute atomic E-state index is 0.0673. The number of nitrogens with zero attached hydrogens (tertiary/aromatic N) is 1. The molecule has 76 valence electrons. The zero-order chi connectivity index (χ0) is 10.8. The Kier molecular flexibility index (Phi) is 2.56. The number of rotatable bonds is 2. The van der Waals surface area contributed by atoms with Gasteiger partial charge in [-0.15, -0.1) is 0 Å². The van der Waals surface area contributed by atoms with E-state index in [9.17, 15) is 9.59 Å². The number of fused-ring (bicyclic) bond motifs is 1. The molecule has 0 saturated heterocycles. The molecule has 0 unspecified atom stereocenters. The van der Waals surface area contributed by atoms with E-state index in [0.717, 1.165) is 10.9 Å². The van der Waals surface area contributed by atoms with Crippen molar-refractivity contribution in [1.82, 2.24) is 4.57 Å². The zero-order valence-electron chi connectivity index (χ0n) is 7.81. The van der Waals surface area contributed by atoms with E-state index in [-0.39, 0.29) is 12.1 Å². The Hall–Kier alpha value is -1.61. The quantitative estimate of drug-likeness (QED) is 0.726. The molecule has 0 atom stereocenters. The Morgan fingerprint density at radius 1 is 1.27 bits per heavy atom. The number of aromatic nitrogens is 1. The Morgan fingerprint density at radius 3 is 2.80 bits per heavy atom. The molecule has 0 fully saturated rings. The maximum absolute atomic E-state index is 11.5. The third kappa shape index (κ3) is 1.78. The van der Waals surface area contributed by atoms with Crippen LogP contribution in [0.2, 0.25) is 5.02 Å².